The van der Waals surface area contributed by atoms with Gasteiger partial charge < -0.3 is 5.32 Å². The van der Waals surface area contributed by atoms with Crippen molar-refractivity contribution >= 4 is 0 Å². The fraction of sp³-hybridized carbons (Fsp3) is 1.00. The van der Waals surface area contributed by atoms with Gasteiger partial charge in [0.2, 0.25) is 0 Å². The third-order valence-electron chi connectivity index (χ3n) is 3.67. The van der Waals surface area contributed by atoms with Crippen LogP contribution in [-0.2, 0) is 0 Å². The topological polar surface area (TPSA) is 12.0 Å². The van der Waals surface area contributed by atoms with Gasteiger partial charge in [-0.15, -0.1) is 0 Å². The summed E-state index contributed by atoms with van der Waals surface area (Å²) in [5.41, 5.74) is 0. The first-order valence-corrected chi connectivity index (χ1v) is 5.67. The zero-order valence-corrected chi connectivity index (χ0v) is 7.76. The van der Waals surface area contributed by atoms with Crippen molar-refractivity contribution < 1.29 is 0 Å². The average Bonchev–Trinajstić information content (AvgIpc) is 2.94. The van der Waals surface area contributed by atoms with Crippen LogP contribution in [0.2, 0.25) is 0 Å². The van der Waals surface area contributed by atoms with E-state index >= 15 is 0 Å². The van der Waals surface area contributed by atoms with E-state index in [0.29, 0.717) is 0 Å². The highest BCUT2D eigenvalue weighted by molar-refractivity contribution is 4.94. The Morgan fingerprint density at radius 2 is 1.50 bits per heavy atom. The second-order valence-corrected chi connectivity index (χ2v) is 5.02. The molecule has 1 N–H and O–H groups in total. The van der Waals surface area contributed by atoms with Crippen LogP contribution in [0.15, 0.2) is 0 Å². The minimum absolute atomic E-state index is 0.921. The molecule has 68 valence electrons. The smallest absolute Gasteiger partial charge is 0.00683 e. The van der Waals surface area contributed by atoms with E-state index < -0.39 is 0 Å². The molecule has 0 atom stereocenters. The Kier molecular flexibility index (Phi) is 1.68. The summed E-state index contributed by atoms with van der Waals surface area (Å²) < 4.78 is 0. The Balaban J connectivity index is 1.47. The lowest BCUT2D eigenvalue weighted by Crippen LogP contribution is -2.27. The van der Waals surface area contributed by atoms with Crippen LogP contribution in [0.4, 0.5) is 0 Å². The van der Waals surface area contributed by atoms with E-state index in [1.807, 2.05) is 0 Å². The summed E-state index contributed by atoms with van der Waals surface area (Å²) in [7, 11) is 0. The minimum Gasteiger partial charge on any atom is -0.314 e. The Morgan fingerprint density at radius 3 is 1.92 bits per heavy atom. The molecule has 3 fully saturated rings. The Labute approximate surface area is 74.9 Å². The summed E-state index contributed by atoms with van der Waals surface area (Å²) in [4.78, 5) is 0. The maximum atomic E-state index is 3.70. The Hall–Kier alpha value is -0.0400. The molecule has 12 heavy (non-hydrogen) atoms. The molecule has 0 amide bonds. The van der Waals surface area contributed by atoms with E-state index in [-0.39, 0.29) is 0 Å². The standard InChI is InChI=1S/C11H19N/c1-2-8(1)11(9-3-4-9)7-12-10-5-6-10/h8-12H,1-7H2. The van der Waals surface area contributed by atoms with Crippen LogP contribution in [0.25, 0.3) is 0 Å². The van der Waals surface area contributed by atoms with Gasteiger partial charge in [-0.2, -0.15) is 0 Å². The summed E-state index contributed by atoms with van der Waals surface area (Å²) in [6.07, 6.45) is 9.03. The van der Waals surface area contributed by atoms with Crippen LogP contribution in [0.3, 0.4) is 0 Å². The Bertz CT molecular complexity index is 154. The van der Waals surface area contributed by atoms with Crippen LogP contribution >= 0.6 is 0 Å². The maximum Gasteiger partial charge on any atom is 0.00683 e. The van der Waals surface area contributed by atoms with E-state index in [0.717, 1.165) is 23.8 Å². The maximum absolute atomic E-state index is 3.70. The van der Waals surface area contributed by atoms with Crippen molar-refractivity contribution in [2.75, 3.05) is 6.54 Å². The molecule has 0 aromatic rings. The van der Waals surface area contributed by atoms with Crippen LogP contribution in [0.1, 0.15) is 38.5 Å². The lowest BCUT2D eigenvalue weighted by atomic mass is 9.98. The second-order valence-electron chi connectivity index (χ2n) is 5.02. The highest BCUT2D eigenvalue weighted by Gasteiger charge is 2.41. The van der Waals surface area contributed by atoms with Gasteiger partial charge in [0.25, 0.3) is 0 Å². The van der Waals surface area contributed by atoms with Gasteiger partial charge >= 0.3 is 0 Å². The fourth-order valence-corrected chi connectivity index (χ4v) is 2.36. The molecule has 3 saturated carbocycles. The van der Waals surface area contributed by atoms with Crippen molar-refractivity contribution in [2.45, 2.75) is 44.6 Å². The van der Waals surface area contributed by atoms with Gasteiger partial charge in [-0.1, -0.05) is 0 Å². The fourth-order valence-electron chi connectivity index (χ4n) is 2.36. The first-order chi connectivity index (χ1) is 5.93. The SMILES string of the molecule is C1CC1NCC(C1CC1)C1CC1. The zero-order chi connectivity index (χ0) is 7.97. The summed E-state index contributed by atoms with van der Waals surface area (Å²) in [5, 5.41) is 3.70. The van der Waals surface area contributed by atoms with Crippen LogP contribution in [0, 0.1) is 17.8 Å². The zero-order valence-electron chi connectivity index (χ0n) is 7.76. The predicted molar refractivity (Wildman–Crippen MR) is 50.0 cm³/mol. The van der Waals surface area contributed by atoms with E-state index in [4.69, 9.17) is 0 Å². The molecule has 0 spiro atoms. The van der Waals surface area contributed by atoms with E-state index in [1.54, 1.807) is 0 Å². The monoisotopic (exact) mass is 165 g/mol. The molecule has 3 aliphatic rings. The quantitative estimate of drug-likeness (QED) is 0.658. The molecule has 0 aromatic heterocycles. The van der Waals surface area contributed by atoms with Crippen molar-refractivity contribution in [3.05, 3.63) is 0 Å². The van der Waals surface area contributed by atoms with Gasteiger partial charge in [0.1, 0.15) is 0 Å². The van der Waals surface area contributed by atoms with Gasteiger partial charge in [0, 0.05) is 6.04 Å². The van der Waals surface area contributed by atoms with Crippen molar-refractivity contribution in [3.63, 3.8) is 0 Å². The van der Waals surface area contributed by atoms with E-state index in [1.165, 1.54) is 45.1 Å². The molecule has 3 rings (SSSR count). The van der Waals surface area contributed by atoms with Crippen molar-refractivity contribution in [2.24, 2.45) is 17.8 Å². The molecular formula is C11H19N. The summed E-state index contributed by atoms with van der Waals surface area (Å²) >= 11 is 0. The van der Waals surface area contributed by atoms with Gasteiger partial charge in [-0.25, -0.2) is 0 Å². The van der Waals surface area contributed by atoms with Crippen molar-refractivity contribution in [1.82, 2.24) is 5.32 Å². The van der Waals surface area contributed by atoms with E-state index in [2.05, 4.69) is 5.32 Å². The minimum atomic E-state index is 0.921. The molecule has 0 radical (unpaired) electrons. The van der Waals surface area contributed by atoms with Gasteiger partial charge in [-0.3, -0.25) is 0 Å². The highest BCUT2D eigenvalue weighted by Crippen LogP contribution is 2.49. The van der Waals surface area contributed by atoms with Crippen molar-refractivity contribution in [1.29, 1.82) is 0 Å². The number of hydrogen-bond acceptors (Lipinski definition) is 1. The second kappa shape index (κ2) is 2.73. The molecule has 1 nitrogen and oxygen atoms in total. The first-order valence-electron chi connectivity index (χ1n) is 5.67. The molecule has 0 saturated heterocycles. The number of nitrogens with one attached hydrogen (secondary N) is 1. The largest absolute Gasteiger partial charge is 0.314 e. The van der Waals surface area contributed by atoms with Gasteiger partial charge in [0.15, 0.2) is 0 Å². The van der Waals surface area contributed by atoms with Gasteiger partial charge in [0.05, 0.1) is 0 Å². The van der Waals surface area contributed by atoms with Crippen molar-refractivity contribution in [3.8, 4) is 0 Å². The summed E-state index contributed by atoms with van der Waals surface area (Å²) in [6, 6.07) is 0.921. The van der Waals surface area contributed by atoms with Gasteiger partial charge in [-0.05, 0) is 62.8 Å². The Morgan fingerprint density at radius 1 is 0.917 bits per heavy atom. The first kappa shape index (κ1) is 7.37. The van der Waals surface area contributed by atoms with E-state index in [9.17, 15) is 0 Å². The molecule has 3 aliphatic carbocycles. The summed E-state index contributed by atoms with van der Waals surface area (Å²) in [6.45, 7) is 1.35. The molecule has 0 aliphatic heterocycles. The predicted octanol–water partition coefficient (Wildman–Crippen LogP) is 2.17. The lowest BCUT2D eigenvalue weighted by Gasteiger charge is -2.15. The third-order valence-corrected chi connectivity index (χ3v) is 3.67. The van der Waals surface area contributed by atoms with Crippen LogP contribution < -0.4 is 5.32 Å². The van der Waals surface area contributed by atoms with Crippen LogP contribution in [-0.4, -0.2) is 12.6 Å². The van der Waals surface area contributed by atoms with Crippen LogP contribution in [0.5, 0.6) is 0 Å². The molecule has 1 heteroatoms. The molecule has 0 bridgehead atoms. The number of rotatable bonds is 5. The number of hydrogen-bond donors (Lipinski definition) is 1. The molecule has 0 heterocycles. The average molecular weight is 165 g/mol. The molecule has 0 aromatic carbocycles. The normalized spacial score (nSPS) is 29.8. The summed E-state index contributed by atoms with van der Waals surface area (Å²) in [5.74, 6) is 3.33. The molecular weight excluding hydrogens is 146 g/mol. The lowest BCUT2D eigenvalue weighted by molar-refractivity contribution is 0.378. The highest BCUT2D eigenvalue weighted by atomic mass is 15.0. The molecule has 0 unspecified atom stereocenters. The third kappa shape index (κ3) is 1.66.